The van der Waals surface area contributed by atoms with Crippen molar-refractivity contribution in [1.82, 2.24) is 10.2 Å². The Kier molecular flexibility index (Phi) is 4.28. The van der Waals surface area contributed by atoms with Crippen molar-refractivity contribution >= 4 is 12.0 Å². The molecule has 3 rings (SSSR count). The SMILES string of the molecule is CC1(CNC(=O)N2CCCC(C(=O)O)C2)Cc2ccccc2C1. The van der Waals surface area contributed by atoms with Crippen LogP contribution in [0.5, 0.6) is 0 Å². The Morgan fingerprint density at radius 2 is 1.96 bits per heavy atom. The number of aliphatic carboxylic acids is 1. The van der Waals surface area contributed by atoms with Crippen molar-refractivity contribution < 1.29 is 14.7 Å². The van der Waals surface area contributed by atoms with E-state index >= 15 is 0 Å². The highest BCUT2D eigenvalue weighted by atomic mass is 16.4. The van der Waals surface area contributed by atoms with Gasteiger partial charge in [0.15, 0.2) is 0 Å². The molecule has 1 heterocycles. The van der Waals surface area contributed by atoms with Crippen molar-refractivity contribution in [2.45, 2.75) is 32.6 Å². The maximum Gasteiger partial charge on any atom is 0.317 e. The molecule has 0 saturated carbocycles. The number of carboxylic acid groups (broad SMARTS) is 1. The zero-order chi connectivity index (χ0) is 16.4. The van der Waals surface area contributed by atoms with Gasteiger partial charge in [0, 0.05) is 19.6 Å². The number of carbonyl (C=O) groups is 2. The molecule has 1 unspecified atom stereocenters. The molecule has 23 heavy (non-hydrogen) atoms. The molecule has 0 aromatic heterocycles. The smallest absolute Gasteiger partial charge is 0.317 e. The first-order chi connectivity index (χ1) is 11.0. The van der Waals surface area contributed by atoms with Crippen LogP contribution < -0.4 is 5.32 Å². The molecule has 0 spiro atoms. The molecular weight excluding hydrogens is 292 g/mol. The lowest BCUT2D eigenvalue weighted by Crippen LogP contribution is -2.49. The molecule has 1 aliphatic heterocycles. The lowest BCUT2D eigenvalue weighted by molar-refractivity contribution is -0.143. The van der Waals surface area contributed by atoms with Crippen LogP contribution in [0.2, 0.25) is 0 Å². The minimum Gasteiger partial charge on any atom is -0.481 e. The molecule has 1 aliphatic carbocycles. The average Bonchev–Trinajstić information content (AvgIpc) is 2.89. The highest BCUT2D eigenvalue weighted by Crippen LogP contribution is 2.36. The van der Waals surface area contributed by atoms with Gasteiger partial charge in [-0.15, -0.1) is 0 Å². The maximum absolute atomic E-state index is 12.4. The molecule has 1 aromatic carbocycles. The molecule has 1 aromatic rings. The lowest BCUT2D eigenvalue weighted by atomic mass is 9.87. The summed E-state index contributed by atoms with van der Waals surface area (Å²) >= 11 is 0. The van der Waals surface area contributed by atoms with Crippen LogP contribution in [0.15, 0.2) is 24.3 Å². The van der Waals surface area contributed by atoms with Gasteiger partial charge in [0.05, 0.1) is 5.92 Å². The Labute approximate surface area is 136 Å². The van der Waals surface area contributed by atoms with Gasteiger partial charge in [0.1, 0.15) is 0 Å². The molecule has 0 radical (unpaired) electrons. The fourth-order valence-electron chi connectivity index (χ4n) is 3.77. The Hall–Kier alpha value is -2.04. The van der Waals surface area contributed by atoms with Gasteiger partial charge in [-0.25, -0.2) is 4.79 Å². The molecule has 0 bridgehead atoms. The minimum atomic E-state index is -0.805. The Balaban J connectivity index is 1.54. The van der Waals surface area contributed by atoms with Crippen LogP contribution in [0.25, 0.3) is 0 Å². The second-order valence-electron chi connectivity index (χ2n) is 7.22. The number of carbonyl (C=O) groups excluding carboxylic acids is 1. The summed E-state index contributed by atoms with van der Waals surface area (Å²) in [5.41, 5.74) is 2.78. The van der Waals surface area contributed by atoms with Crippen LogP contribution in [0.1, 0.15) is 30.9 Å². The summed E-state index contributed by atoms with van der Waals surface area (Å²) in [4.78, 5) is 25.1. The van der Waals surface area contributed by atoms with Crippen LogP contribution >= 0.6 is 0 Å². The van der Waals surface area contributed by atoms with Gasteiger partial charge in [-0.1, -0.05) is 31.2 Å². The highest BCUT2D eigenvalue weighted by Gasteiger charge is 2.34. The third kappa shape index (κ3) is 3.49. The van der Waals surface area contributed by atoms with Gasteiger partial charge in [-0.3, -0.25) is 4.79 Å². The van der Waals surface area contributed by atoms with E-state index in [9.17, 15) is 9.59 Å². The largest absolute Gasteiger partial charge is 0.481 e. The summed E-state index contributed by atoms with van der Waals surface area (Å²) in [6, 6.07) is 8.30. The molecule has 5 heteroatoms. The Morgan fingerprint density at radius 3 is 2.57 bits per heavy atom. The molecule has 2 aliphatic rings. The molecule has 5 nitrogen and oxygen atoms in total. The van der Waals surface area contributed by atoms with E-state index in [0.29, 0.717) is 26.1 Å². The average molecular weight is 316 g/mol. The van der Waals surface area contributed by atoms with Gasteiger partial charge in [0.25, 0.3) is 0 Å². The number of benzene rings is 1. The van der Waals surface area contributed by atoms with E-state index < -0.39 is 11.9 Å². The number of nitrogens with one attached hydrogen (secondary N) is 1. The summed E-state index contributed by atoms with van der Waals surface area (Å²) in [6.45, 7) is 3.78. The fraction of sp³-hybridized carbons (Fsp3) is 0.556. The standard InChI is InChI=1S/C18H24N2O3/c1-18(9-13-5-2-3-6-14(13)10-18)12-19-17(23)20-8-4-7-15(11-20)16(21)22/h2-3,5-6,15H,4,7-12H2,1H3,(H,19,23)(H,21,22). The third-order valence-electron chi connectivity index (χ3n) is 5.08. The van der Waals surface area contributed by atoms with Crippen molar-refractivity contribution in [3.8, 4) is 0 Å². The topological polar surface area (TPSA) is 69.6 Å². The zero-order valence-corrected chi connectivity index (χ0v) is 13.5. The summed E-state index contributed by atoms with van der Waals surface area (Å²) in [6.07, 6.45) is 3.36. The molecule has 124 valence electrons. The monoisotopic (exact) mass is 316 g/mol. The number of nitrogens with zero attached hydrogens (tertiary/aromatic N) is 1. The van der Waals surface area contributed by atoms with Crippen molar-refractivity contribution in [2.75, 3.05) is 19.6 Å². The normalized spacial score (nSPS) is 22.5. The van der Waals surface area contributed by atoms with Crippen molar-refractivity contribution in [3.63, 3.8) is 0 Å². The first-order valence-electron chi connectivity index (χ1n) is 8.29. The van der Waals surface area contributed by atoms with E-state index in [1.807, 2.05) is 0 Å². The van der Waals surface area contributed by atoms with Gasteiger partial charge < -0.3 is 15.3 Å². The number of likely N-dealkylation sites (tertiary alicyclic amines) is 1. The Bertz CT molecular complexity index is 589. The van der Waals surface area contributed by atoms with Gasteiger partial charge in [0.2, 0.25) is 0 Å². The van der Waals surface area contributed by atoms with E-state index in [4.69, 9.17) is 5.11 Å². The number of rotatable bonds is 3. The van der Waals surface area contributed by atoms with Crippen molar-refractivity contribution in [2.24, 2.45) is 11.3 Å². The van der Waals surface area contributed by atoms with E-state index in [1.165, 1.54) is 11.1 Å². The van der Waals surface area contributed by atoms with Gasteiger partial charge in [-0.05, 0) is 42.2 Å². The van der Waals surface area contributed by atoms with Crippen LogP contribution in [-0.4, -0.2) is 41.6 Å². The lowest BCUT2D eigenvalue weighted by Gasteiger charge is -2.32. The summed E-state index contributed by atoms with van der Waals surface area (Å²) in [5.74, 6) is -1.23. The van der Waals surface area contributed by atoms with Crippen molar-refractivity contribution in [1.29, 1.82) is 0 Å². The number of carboxylic acids is 1. The number of piperidine rings is 1. The number of amides is 2. The zero-order valence-electron chi connectivity index (χ0n) is 13.5. The first-order valence-corrected chi connectivity index (χ1v) is 8.29. The number of hydrogen-bond donors (Lipinski definition) is 2. The van der Waals surface area contributed by atoms with E-state index in [0.717, 1.165) is 19.3 Å². The number of urea groups is 1. The van der Waals surface area contributed by atoms with Crippen LogP contribution in [0, 0.1) is 11.3 Å². The van der Waals surface area contributed by atoms with Gasteiger partial charge >= 0.3 is 12.0 Å². The maximum atomic E-state index is 12.4. The minimum absolute atomic E-state index is 0.0430. The van der Waals surface area contributed by atoms with Crippen LogP contribution in [0.4, 0.5) is 4.79 Å². The van der Waals surface area contributed by atoms with E-state index in [-0.39, 0.29) is 11.4 Å². The predicted molar refractivity (Wildman–Crippen MR) is 87.3 cm³/mol. The predicted octanol–water partition coefficient (Wildman–Crippen LogP) is 2.30. The fourth-order valence-corrected chi connectivity index (χ4v) is 3.77. The van der Waals surface area contributed by atoms with Crippen molar-refractivity contribution in [3.05, 3.63) is 35.4 Å². The van der Waals surface area contributed by atoms with Crippen LogP contribution in [0.3, 0.4) is 0 Å². The second-order valence-corrected chi connectivity index (χ2v) is 7.22. The molecule has 1 atom stereocenters. The number of hydrogen-bond acceptors (Lipinski definition) is 2. The number of fused-ring (bicyclic) bond motifs is 1. The second kappa shape index (κ2) is 6.22. The Morgan fingerprint density at radius 1 is 1.30 bits per heavy atom. The summed E-state index contributed by atoms with van der Waals surface area (Å²) in [5, 5.41) is 12.1. The molecule has 2 amide bonds. The van der Waals surface area contributed by atoms with Gasteiger partial charge in [-0.2, -0.15) is 0 Å². The third-order valence-corrected chi connectivity index (χ3v) is 5.08. The van der Waals surface area contributed by atoms with E-state index in [2.05, 4.69) is 36.5 Å². The molecule has 1 saturated heterocycles. The molecule has 1 fully saturated rings. The summed E-state index contributed by atoms with van der Waals surface area (Å²) < 4.78 is 0. The highest BCUT2D eigenvalue weighted by molar-refractivity contribution is 5.76. The van der Waals surface area contributed by atoms with E-state index in [1.54, 1.807) is 4.90 Å². The molecular formula is C18H24N2O3. The molecule has 2 N–H and O–H groups in total. The first kappa shape index (κ1) is 15.8. The summed E-state index contributed by atoms with van der Waals surface area (Å²) in [7, 11) is 0. The quantitative estimate of drug-likeness (QED) is 0.899. The van der Waals surface area contributed by atoms with Crippen LogP contribution in [-0.2, 0) is 17.6 Å².